The van der Waals surface area contributed by atoms with E-state index in [1.54, 1.807) is 18.2 Å². The highest BCUT2D eigenvalue weighted by Crippen LogP contribution is 2.10. The Kier molecular flexibility index (Phi) is 4.37. The minimum atomic E-state index is -0.640. The zero-order chi connectivity index (χ0) is 14.4. The van der Waals surface area contributed by atoms with E-state index in [2.05, 4.69) is 21.2 Å². The summed E-state index contributed by atoms with van der Waals surface area (Å²) >= 11 is -0.144. The van der Waals surface area contributed by atoms with Crippen LogP contribution in [-0.4, -0.2) is 20.2 Å². The van der Waals surface area contributed by atoms with E-state index < -0.39 is 5.91 Å². The number of rotatable bonds is 1. The Labute approximate surface area is 118 Å². The Morgan fingerprint density at radius 2 is 2.00 bits per heavy atom. The van der Waals surface area contributed by atoms with Crippen LogP contribution in [0.25, 0.3) is 0 Å². The molecule has 6 heteroatoms. The first-order valence-corrected chi connectivity index (χ1v) is 6.19. The van der Waals surface area contributed by atoms with E-state index in [0.717, 1.165) is 0 Å². The molecule has 1 aromatic carbocycles. The van der Waals surface area contributed by atoms with Gasteiger partial charge in [0, 0.05) is 23.5 Å². The van der Waals surface area contributed by atoms with Gasteiger partial charge in [0.1, 0.15) is 5.75 Å². The van der Waals surface area contributed by atoms with E-state index in [-0.39, 0.29) is 22.8 Å². The predicted octanol–water partition coefficient (Wildman–Crippen LogP) is 1.72. The zero-order valence-corrected chi connectivity index (χ0v) is 10.9. The molecule has 0 saturated heterocycles. The second-order valence-electron chi connectivity index (χ2n) is 3.73. The van der Waals surface area contributed by atoms with Crippen LogP contribution in [0.4, 0.5) is 0 Å². The quantitative estimate of drug-likeness (QED) is 0.809. The topological polar surface area (TPSA) is 79.6 Å². The average Bonchev–Trinajstić information content (AvgIpc) is 2.46. The molecule has 0 aliphatic rings. The van der Waals surface area contributed by atoms with Gasteiger partial charge in [0.25, 0.3) is 5.91 Å². The molecular formula is C14H8N2O3S. The molecule has 0 atom stereocenters. The molecule has 2 rings (SSSR count). The van der Waals surface area contributed by atoms with E-state index in [9.17, 15) is 14.1 Å². The Bertz CT molecular complexity index is 771. The van der Waals surface area contributed by atoms with Crippen molar-refractivity contribution in [2.45, 2.75) is 0 Å². The maximum Gasteiger partial charge on any atom is 0.291 e. The molecule has 98 valence electrons. The maximum atomic E-state index is 11.4. The van der Waals surface area contributed by atoms with Crippen molar-refractivity contribution in [1.82, 2.24) is 4.98 Å². The molecule has 20 heavy (non-hydrogen) atoms. The highest BCUT2D eigenvalue weighted by atomic mass is 32.1. The van der Waals surface area contributed by atoms with Gasteiger partial charge in [-0.05, 0) is 24.3 Å². The van der Waals surface area contributed by atoms with Crippen LogP contribution in [-0.2, 0) is 11.5 Å². The minimum Gasteiger partial charge on any atom is -0.508 e. The van der Waals surface area contributed by atoms with Crippen LogP contribution in [0.5, 0.6) is 5.75 Å². The van der Waals surface area contributed by atoms with Gasteiger partial charge in [-0.1, -0.05) is 17.9 Å². The largest absolute Gasteiger partial charge is 0.508 e. The van der Waals surface area contributed by atoms with E-state index in [1.165, 1.54) is 24.5 Å². The van der Waals surface area contributed by atoms with Crippen molar-refractivity contribution < 1.29 is 14.1 Å². The van der Waals surface area contributed by atoms with Crippen molar-refractivity contribution in [1.29, 1.82) is 0 Å². The molecule has 1 heterocycles. The molecule has 0 aliphatic heterocycles. The fraction of sp³-hybridized carbons (Fsp3) is 0. The summed E-state index contributed by atoms with van der Waals surface area (Å²) in [6.45, 7) is 0. The molecule has 0 radical (unpaired) electrons. The van der Waals surface area contributed by atoms with Crippen molar-refractivity contribution in [3.63, 3.8) is 0 Å². The number of hydrogen-bond donors (Lipinski definition) is 1. The number of phenols is 1. The fourth-order valence-corrected chi connectivity index (χ4v) is 1.61. The number of nitrogens with zero attached hydrogens (tertiary/aromatic N) is 2. The number of aromatic hydroxyl groups is 1. The third-order valence-corrected chi connectivity index (χ3v) is 2.54. The lowest BCUT2D eigenvalue weighted by Gasteiger charge is -1.94. The SMILES string of the molecule is O=S=NC(=O)c1cncc(C#Cc2cccc(O)c2)c1. The molecule has 0 saturated carbocycles. The minimum absolute atomic E-state index is 0.130. The molecule has 0 unspecified atom stereocenters. The van der Waals surface area contributed by atoms with Crippen LogP contribution in [0.1, 0.15) is 21.5 Å². The van der Waals surface area contributed by atoms with Gasteiger partial charge in [-0.3, -0.25) is 9.78 Å². The van der Waals surface area contributed by atoms with Gasteiger partial charge in [0.05, 0.1) is 5.56 Å². The molecule has 1 N–H and O–H groups in total. The summed E-state index contributed by atoms with van der Waals surface area (Å²) in [6, 6.07) is 8.01. The Hall–Kier alpha value is -2.78. The van der Waals surface area contributed by atoms with Gasteiger partial charge in [-0.15, -0.1) is 4.36 Å². The lowest BCUT2D eigenvalue weighted by Crippen LogP contribution is -1.95. The first-order valence-electron chi connectivity index (χ1n) is 5.49. The van der Waals surface area contributed by atoms with E-state index in [4.69, 9.17) is 0 Å². The molecule has 0 spiro atoms. The average molecular weight is 284 g/mol. The highest BCUT2D eigenvalue weighted by molar-refractivity contribution is 7.55. The highest BCUT2D eigenvalue weighted by Gasteiger charge is 2.04. The number of amides is 1. The lowest BCUT2D eigenvalue weighted by atomic mass is 10.1. The lowest BCUT2D eigenvalue weighted by molar-refractivity contribution is 0.100. The number of pyridine rings is 1. The number of phenolic OH excluding ortho intramolecular Hbond substituents is 1. The Balaban J connectivity index is 2.29. The van der Waals surface area contributed by atoms with Crippen LogP contribution in [0.2, 0.25) is 0 Å². The fourth-order valence-electron chi connectivity index (χ4n) is 1.44. The molecule has 0 fully saturated rings. The van der Waals surface area contributed by atoms with Gasteiger partial charge in [-0.2, -0.15) is 4.21 Å². The molecule has 5 nitrogen and oxygen atoms in total. The second kappa shape index (κ2) is 6.41. The van der Waals surface area contributed by atoms with Crippen LogP contribution >= 0.6 is 0 Å². The first-order chi connectivity index (χ1) is 9.69. The van der Waals surface area contributed by atoms with E-state index >= 15 is 0 Å². The van der Waals surface area contributed by atoms with Crippen molar-refractivity contribution >= 4 is 17.4 Å². The standard InChI is InChI=1S/C14H8N2O3S/c17-13-3-1-2-10(7-13)4-5-11-6-12(9-15-8-11)14(18)16-20-19/h1-3,6-9,17H. The summed E-state index contributed by atoms with van der Waals surface area (Å²) in [6.07, 6.45) is 2.82. The van der Waals surface area contributed by atoms with Crippen LogP contribution in [0.15, 0.2) is 47.1 Å². The summed E-state index contributed by atoms with van der Waals surface area (Å²) in [5, 5.41) is 9.32. The Morgan fingerprint density at radius 3 is 2.75 bits per heavy atom. The van der Waals surface area contributed by atoms with Crippen molar-refractivity contribution in [3.05, 3.63) is 59.4 Å². The summed E-state index contributed by atoms with van der Waals surface area (Å²) in [5.41, 5.74) is 1.36. The number of carbonyl (C=O) groups is 1. The van der Waals surface area contributed by atoms with E-state index in [0.29, 0.717) is 11.1 Å². The normalized spacial score (nSPS) is 9.20. The first kappa shape index (κ1) is 13.6. The van der Waals surface area contributed by atoms with Gasteiger partial charge in [0.15, 0.2) is 0 Å². The Morgan fingerprint density at radius 1 is 1.20 bits per heavy atom. The number of hydrogen-bond acceptors (Lipinski definition) is 4. The third kappa shape index (κ3) is 3.60. The smallest absolute Gasteiger partial charge is 0.291 e. The summed E-state index contributed by atoms with van der Waals surface area (Å²) in [7, 11) is 0. The summed E-state index contributed by atoms with van der Waals surface area (Å²) in [5.74, 6) is 5.15. The predicted molar refractivity (Wildman–Crippen MR) is 73.2 cm³/mol. The summed E-state index contributed by atoms with van der Waals surface area (Å²) < 4.78 is 13.4. The molecule has 1 aromatic heterocycles. The van der Waals surface area contributed by atoms with Crippen LogP contribution in [0, 0.1) is 11.8 Å². The number of carbonyl (C=O) groups excluding carboxylic acids is 1. The maximum absolute atomic E-state index is 11.4. The van der Waals surface area contributed by atoms with Gasteiger partial charge in [0.2, 0.25) is 11.5 Å². The monoisotopic (exact) mass is 284 g/mol. The molecule has 1 amide bonds. The molecule has 0 bridgehead atoms. The van der Waals surface area contributed by atoms with Crippen LogP contribution in [0.3, 0.4) is 0 Å². The van der Waals surface area contributed by atoms with Crippen molar-refractivity contribution in [3.8, 4) is 17.6 Å². The zero-order valence-electron chi connectivity index (χ0n) is 10.1. The third-order valence-electron chi connectivity index (χ3n) is 2.30. The van der Waals surface area contributed by atoms with Crippen molar-refractivity contribution in [2.75, 3.05) is 0 Å². The second-order valence-corrected chi connectivity index (χ2v) is 4.07. The molecule has 2 aromatic rings. The van der Waals surface area contributed by atoms with Gasteiger partial charge in [-0.25, -0.2) is 0 Å². The van der Waals surface area contributed by atoms with Crippen molar-refractivity contribution in [2.24, 2.45) is 4.36 Å². The summed E-state index contributed by atoms with van der Waals surface area (Å²) in [4.78, 5) is 15.3. The van der Waals surface area contributed by atoms with Crippen LogP contribution < -0.4 is 0 Å². The van der Waals surface area contributed by atoms with Gasteiger partial charge >= 0.3 is 0 Å². The molecular weight excluding hydrogens is 276 g/mol. The molecule has 0 aliphatic carbocycles. The van der Waals surface area contributed by atoms with E-state index in [1.807, 2.05) is 0 Å². The number of benzene rings is 1. The van der Waals surface area contributed by atoms with Gasteiger partial charge < -0.3 is 5.11 Å². The number of aromatic nitrogens is 1.